The molecule has 1 saturated heterocycles. The van der Waals surface area contributed by atoms with Crippen molar-refractivity contribution in [3.63, 3.8) is 0 Å². The number of morpholine rings is 1. The molecule has 0 saturated carbocycles. The van der Waals surface area contributed by atoms with Gasteiger partial charge in [0.05, 0.1) is 13.2 Å². The molecule has 2 heterocycles. The van der Waals surface area contributed by atoms with Gasteiger partial charge in [0.15, 0.2) is 0 Å². The van der Waals surface area contributed by atoms with Gasteiger partial charge in [0.2, 0.25) is 0 Å². The monoisotopic (exact) mass is 296 g/mol. The Balaban J connectivity index is 1.91. The summed E-state index contributed by atoms with van der Waals surface area (Å²) in [5.74, 6) is 0. The highest BCUT2D eigenvalue weighted by molar-refractivity contribution is 7.12. The highest BCUT2D eigenvalue weighted by atomic mass is 32.1. The Morgan fingerprint density at radius 3 is 2.55 bits per heavy atom. The van der Waals surface area contributed by atoms with E-state index in [1.807, 2.05) is 11.3 Å². The Kier molecular flexibility index (Phi) is 5.24. The van der Waals surface area contributed by atoms with Gasteiger partial charge in [-0.05, 0) is 46.2 Å². The summed E-state index contributed by atoms with van der Waals surface area (Å²) in [6, 6.07) is 2.74. The number of rotatable bonds is 5. The molecule has 2 rings (SSSR count). The first kappa shape index (κ1) is 16.0. The third kappa shape index (κ3) is 3.82. The fourth-order valence-corrected chi connectivity index (χ4v) is 3.90. The molecule has 1 fully saturated rings. The minimum Gasteiger partial charge on any atom is -0.379 e. The van der Waals surface area contributed by atoms with Crippen LogP contribution in [0, 0.1) is 13.8 Å². The summed E-state index contributed by atoms with van der Waals surface area (Å²) in [5.41, 5.74) is 1.63. The van der Waals surface area contributed by atoms with Crippen molar-refractivity contribution in [3.05, 3.63) is 21.4 Å². The first-order valence-corrected chi connectivity index (χ1v) is 8.35. The molecule has 0 radical (unpaired) electrons. The van der Waals surface area contributed by atoms with Crippen molar-refractivity contribution < 1.29 is 4.74 Å². The van der Waals surface area contributed by atoms with E-state index in [2.05, 4.69) is 50.9 Å². The Bertz CT molecular complexity index is 436. The van der Waals surface area contributed by atoms with Gasteiger partial charge in [-0.1, -0.05) is 0 Å². The van der Waals surface area contributed by atoms with Gasteiger partial charge >= 0.3 is 0 Å². The number of thiophene rings is 1. The minimum atomic E-state index is 0.178. The third-order valence-electron chi connectivity index (χ3n) is 4.25. The quantitative estimate of drug-likeness (QED) is 0.903. The minimum absolute atomic E-state index is 0.178. The molecule has 1 N–H and O–H groups in total. The molecule has 0 spiro atoms. The van der Waals surface area contributed by atoms with E-state index in [9.17, 15) is 0 Å². The predicted octanol–water partition coefficient (Wildman–Crippen LogP) is 3.13. The molecule has 1 aromatic rings. The van der Waals surface area contributed by atoms with Crippen LogP contribution in [0.5, 0.6) is 0 Å². The normalized spacial score (nSPS) is 19.2. The van der Waals surface area contributed by atoms with E-state index in [1.165, 1.54) is 15.3 Å². The molecule has 0 aliphatic carbocycles. The van der Waals surface area contributed by atoms with Crippen molar-refractivity contribution in [1.82, 2.24) is 10.2 Å². The van der Waals surface area contributed by atoms with E-state index in [-0.39, 0.29) is 5.54 Å². The zero-order valence-corrected chi connectivity index (χ0v) is 14.3. The van der Waals surface area contributed by atoms with Crippen LogP contribution in [-0.2, 0) is 4.74 Å². The molecular formula is C16H28N2OS. The maximum atomic E-state index is 5.45. The summed E-state index contributed by atoms with van der Waals surface area (Å²) in [4.78, 5) is 5.37. The van der Waals surface area contributed by atoms with Crippen LogP contribution in [0.15, 0.2) is 6.07 Å². The van der Waals surface area contributed by atoms with Crippen LogP contribution >= 0.6 is 11.3 Å². The number of ether oxygens (including phenoxy) is 1. The summed E-state index contributed by atoms with van der Waals surface area (Å²) in [6.45, 7) is 16.1. The van der Waals surface area contributed by atoms with Crippen LogP contribution in [-0.4, -0.2) is 43.3 Å². The van der Waals surface area contributed by atoms with Crippen LogP contribution in [0.1, 0.15) is 42.1 Å². The Morgan fingerprint density at radius 2 is 2.00 bits per heavy atom. The molecule has 0 amide bonds. The second kappa shape index (κ2) is 6.56. The SMILES string of the molecule is Cc1cc(C(C)NCC(C)(C)N2CCOCC2)c(C)s1. The van der Waals surface area contributed by atoms with Crippen molar-refractivity contribution in [3.8, 4) is 0 Å². The van der Waals surface area contributed by atoms with Crippen LogP contribution in [0.2, 0.25) is 0 Å². The van der Waals surface area contributed by atoms with Crippen molar-refractivity contribution >= 4 is 11.3 Å². The van der Waals surface area contributed by atoms with Gasteiger partial charge in [0.1, 0.15) is 0 Å². The Morgan fingerprint density at radius 1 is 1.35 bits per heavy atom. The molecule has 1 atom stereocenters. The van der Waals surface area contributed by atoms with Gasteiger partial charge in [-0.2, -0.15) is 0 Å². The zero-order valence-electron chi connectivity index (χ0n) is 13.5. The molecule has 3 nitrogen and oxygen atoms in total. The van der Waals surface area contributed by atoms with Gasteiger partial charge < -0.3 is 10.1 Å². The lowest BCUT2D eigenvalue weighted by Crippen LogP contribution is -2.54. The molecule has 20 heavy (non-hydrogen) atoms. The standard InChI is InChI=1S/C16H28N2OS/c1-12-10-15(14(3)20-12)13(2)17-11-16(4,5)18-6-8-19-9-7-18/h10,13,17H,6-9,11H2,1-5H3. The van der Waals surface area contributed by atoms with Crippen molar-refractivity contribution in [1.29, 1.82) is 0 Å². The molecule has 1 aliphatic rings. The van der Waals surface area contributed by atoms with E-state index < -0.39 is 0 Å². The lowest BCUT2D eigenvalue weighted by Gasteiger charge is -2.41. The molecule has 1 aliphatic heterocycles. The van der Waals surface area contributed by atoms with Crippen LogP contribution < -0.4 is 5.32 Å². The van der Waals surface area contributed by atoms with E-state index >= 15 is 0 Å². The zero-order chi connectivity index (χ0) is 14.8. The summed E-state index contributed by atoms with van der Waals surface area (Å²) < 4.78 is 5.45. The number of aryl methyl sites for hydroxylation is 2. The number of nitrogens with zero attached hydrogens (tertiary/aromatic N) is 1. The smallest absolute Gasteiger partial charge is 0.0594 e. The largest absolute Gasteiger partial charge is 0.379 e. The van der Waals surface area contributed by atoms with Gasteiger partial charge in [0, 0.05) is 41.0 Å². The van der Waals surface area contributed by atoms with Gasteiger partial charge in [-0.3, -0.25) is 4.90 Å². The number of hydrogen-bond donors (Lipinski definition) is 1. The van der Waals surface area contributed by atoms with Crippen LogP contribution in [0.25, 0.3) is 0 Å². The summed E-state index contributed by atoms with van der Waals surface area (Å²) in [7, 11) is 0. The number of nitrogens with one attached hydrogen (secondary N) is 1. The maximum absolute atomic E-state index is 5.45. The highest BCUT2D eigenvalue weighted by Gasteiger charge is 2.28. The van der Waals surface area contributed by atoms with Gasteiger partial charge in [0.25, 0.3) is 0 Å². The average molecular weight is 296 g/mol. The van der Waals surface area contributed by atoms with Crippen LogP contribution in [0.4, 0.5) is 0 Å². The van der Waals surface area contributed by atoms with Crippen molar-refractivity contribution in [2.45, 2.75) is 46.2 Å². The van der Waals surface area contributed by atoms with Gasteiger partial charge in [-0.15, -0.1) is 11.3 Å². The average Bonchev–Trinajstić information content (AvgIpc) is 2.76. The predicted molar refractivity (Wildman–Crippen MR) is 86.7 cm³/mol. The molecule has 0 aromatic carbocycles. The summed E-state index contributed by atoms with van der Waals surface area (Å²) in [5, 5.41) is 3.71. The summed E-state index contributed by atoms with van der Waals surface area (Å²) >= 11 is 1.89. The van der Waals surface area contributed by atoms with E-state index in [0.29, 0.717) is 6.04 Å². The van der Waals surface area contributed by atoms with Gasteiger partial charge in [-0.25, -0.2) is 0 Å². The first-order chi connectivity index (χ1) is 9.40. The number of hydrogen-bond acceptors (Lipinski definition) is 4. The van der Waals surface area contributed by atoms with E-state index in [0.717, 1.165) is 32.8 Å². The molecular weight excluding hydrogens is 268 g/mol. The fourth-order valence-electron chi connectivity index (χ4n) is 2.87. The Labute approximate surface area is 127 Å². The maximum Gasteiger partial charge on any atom is 0.0594 e. The summed E-state index contributed by atoms with van der Waals surface area (Å²) in [6.07, 6.45) is 0. The molecule has 4 heteroatoms. The lowest BCUT2D eigenvalue weighted by molar-refractivity contribution is -0.0102. The first-order valence-electron chi connectivity index (χ1n) is 7.53. The Hall–Kier alpha value is -0.420. The fraction of sp³-hybridized carbons (Fsp3) is 0.750. The molecule has 1 aromatic heterocycles. The van der Waals surface area contributed by atoms with Crippen LogP contribution in [0.3, 0.4) is 0 Å². The second-order valence-electron chi connectivity index (χ2n) is 6.38. The van der Waals surface area contributed by atoms with E-state index in [1.54, 1.807) is 0 Å². The van der Waals surface area contributed by atoms with Crippen molar-refractivity contribution in [2.24, 2.45) is 0 Å². The molecule has 114 valence electrons. The highest BCUT2D eigenvalue weighted by Crippen LogP contribution is 2.26. The lowest BCUT2D eigenvalue weighted by atomic mass is 10.0. The third-order valence-corrected chi connectivity index (χ3v) is 5.24. The molecule has 1 unspecified atom stereocenters. The van der Waals surface area contributed by atoms with Crippen molar-refractivity contribution in [2.75, 3.05) is 32.8 Å². The molecule has 0 bridgehead atoms. The second-order valence-corrected chi connectivity index (χ2v) is 7.84. The topological polar surface area (TPSA) is 24.5 Å². The van der Waals surface area contributed by atoms with E-state index in [4.69, 9.17) is 4.74 Å².